The number of nitrogens with one attached hydrogen (secondary N) is 1. The van der Waals surface area contributed by atoms with E-state index < -0.39 is 0 Å². The molecule has 6 aromatic rings. The minimum absolute atomic E-state index is 0.457. The van der Waals surface area contributed by atoms with E-state index in [0.717, 1.165) is 50.1 Å². The second-order valence-corrected chi connectivity index (χ2v) is 8.44. The maximum atomic E-state index is 6.82. The number of pyridine rings is 1. The van der Waals surface area contributed by atoms with Crippen LogP contribution in [-0.2, 0) is 0 Å². The molecular formula is C30H20ClN3. The average molecular weight is 458 g/mol. The summed E-state index contributed by atoms with van der Waals surface area (Å²) in [6, 6.07) is 38.8. The van der Waals surface area contributed by atoms with Gasteiger partial charge in [0.25, 0.3) is 0 Å². The second kappa shape index (κ2) is 8.62. The first-order valence-electron chi connectivity index (χ1n) is 11.1. The molecule has 0 aliphatic carbocycles. The van der Waals surface area contributed by atoms with Crippen molar-refractivity contribution in [2.75, 3.05) is 0 Å². The summed E-state index contributed by atoms with van der Waals surface area (Å²) >= 11 is 6.82. The van der Waals surface area contributed by atoms with Crippen molar-refractivity contribution in [3.63, 3.8) is 0 Å². The highest BCUT2D eigenvalue weighted by Crippen LogP contribution is 2.40. The molecule has 2 heterocycles. The number of rotatable bonds is 4. The lowest BCUT2D eigenvalue weighted by Gasteiger charge is -2.12. The summed E-state index contributed by atoms with van der Waals surface area (Å²) in [6.07, 6.45) is 0. The first kappa shape index (κ1) is 20.4. The molecular weight excluding hydrogens is 438 g/mol. The summed E-state index contributed by atoms with van der Waals surface area (Å²) in [5.41, 5.74) is 6.65. The van der Waals surface area contributed by atoms with Crippen LogP contribution in [0.2, 0.25) is 5.15 Å². The number of nitrogens with zero attached hydrogens (tertiary/aromatic N) is 2. The number of fused-ring (bicyclic) bond motifs is 1. The number of hydrogen-bond acceptors (Lipinski definition) is 2. The Morgan fingerprint density at radius 3 is 1.68 bits per heavy atom. The van der Waals surface area contributed by atoms with E-state index in [1.807, 2.05) is 66.7 Å². The largest absolute Gasteiger partial charge is 0.336 e. The van der Waals surface area contributed by atoms with Crippen LogP contribution in [-0.4, -0.2) is 15.0 Å². The van der Waals surface area contributed by atoms with Crippen molar-refractivity contribution in [1.82, 2.24) is 15.0 Å². The summed E-state index contributed by atoms with van der Waals surface area (Å²) in [5.74, 6) is 0.690. The minimum Gasteiger partial charge on any atom is -0.336 e. The zero-order valence-electron chi connectivity index (χ0n) is 18.2. The van der Waals surface area contributed by atoms with E-state index in [-0.39, 0.29) is 0 Å². The quantitative estimate of drug-likeness (QED) is 0.270. The molecule has 4 heteroatoms. The van der Waals surface area contributed by atoms with Crippen LogP contribution < -0.4 is 0 Å². The van der Waals surface area contributed by atoms with Gasteiger partial charge in [-0.1, -0.05) is 127 Å². The molecule has 4 aromatic carbocycles. The summed E-state index contributed by atoms with van der Waals surface area (Å²) in [7, 11) is 0. The summed E-state index contributed by atoms with van der Waals surface area (Å²) in [5, 5.41) is 2.50. The maximum absolute atomic E-state index is 6.82. The second-order valence-electron chi connectivity index (χ2n) is 8.08. The third-order valence-corrected chi connectivity index (χ3v) is 6.24. The molecule has 3 nitrogen and oxygen atoms in total. The summed E-state index contributed by atoms with van der Waals surface area (Å²) in [6.45, 7) is 0. The van der Waals surface area contributed by atoms with E-state index in [0.29, 0.717) is 11.0 Å². The van der Waals surface area contributed by atoms with Crippen LogP contribution in [0.3, 0.4) is 0 Å². The molecule has 6 rings (SSSR count). The molecule has 0 atom stereocenters. The number of benzene rings is 4. The fraction of sp³-hybridized carbons (Fsp3) is 0. The summed E-state index contributed by atoms with van der Waals surface area (Å²) in [4.78, 5) is 13.5. The Balaban J connectivity index is 1.61. The molecule has 0 radical (unpaired) electrons. The standard InChI is InChI=1S/C30H20ClN3/c31-29-25(20-12-4-1-5-13-20)23-18-10-11-19-24(23)28(32-29)30-33-26(21-14-6-2-7-15-21)27(34-30)22-16-8-3-9-17-22/h1-19H,(H,33,34). The van der Waals surface area contributed by atoms with Gasteiger partial charge in [-0.15, -0.1) is 0 Å². The van der Waals surface area contributed by atoms with Gasteiger partial charge in [-0.2, -0.15) is 0 Å². The van der Waals surface area contributed by atoms with E-state index in [1.165, 1.54) is 0 Å². The van der Waals surface area contributed by atoms with Crippen molar-refractivity contribution < 1.29 is 0 Å². The number of H-pyrrole nitrogens is 1. The smallest absolute Gasteiger partial charge is 0.157 e. The Hall–Kier alpha value is -4.21. The van der Waals surface area contributed by atoms with Crippen LogP contribution in [0.15, 0.2) is 115 Å². The Bertz CT molecular complexity index is 1530. The van der Waals surface area contributed by atoms with Crippen molar-refractivity contribution in [2.45, 2.75) is 0 Å². The molecule has 2 aromatic heterocycles. The van der Waals surface area contributed by atoms with Crippen molar-refractivity contribution >= 4 is 22.4 Å². The van der Waals surface area contributed by atoms with Gasteiger partial charge in [0.15, 0.2) is 5.82 Å². The van der Waals surface area contributed by atoms with Crippen molar-refractivity contribution in [2.24, 2.45) is 0 Å². The van der Waals surface area contributed by atoms with E-state index in [4.69, 9.17) is 21.6 Å². The van der Waals surface area contributed by atoms with Gasteiger partial charge in [0.2, 0.25) is 0 Å². The van der Waals surface area contributed by atoms with Crippen molar-refractivity contribution in [3.8, 4) is 45.2 Å². The average Bonchev–Trinajstić information content (AvgIpc) is 3.35. The molecule has 1 N–H and O–H groups in total. The predicted molar refractivity (Wildman–Crippen MR) is 141 cm³/mol. The topological polar surface area (TPSA) is 41.6 Å². The van der Waals surface area contributed by atoms with Gasteiger partial charge in [-0.25, -0.2) is 9.97 Å². The van der Waals surface area contributed by atoms with Gasteiger partial charge in [-0.05, 0) is 10.9 Å². The van der Waals surface area contributed by atoms with Crippen LogP contribution in [0, 0.1) is 0 Å². The van der Waals surface area contributed by atoms with Gasteiger partial charge in [0.1, 0.15) is 10.8 Å². The summed E-state index contributed by atoms with van der Waals surface area (Å²) < 4.78 is 0. The molecule has 0 amide bonds. The molecule has 0 unspecified atom stereocenters. The Labute approximate surface area is 202 Å². The van der Waals surface area contributed by atoms with Gasteiger partial charge in [0, 0.05) is 22.1 Å². The van der Waals surface area contributed by atoms with E-state index in [9.17, 15) is 0 Å². The molecule has 0 bridgehead atoms. The highest BCUT2D eigenvalue weighted by Gasteiger charge is 2.20. The third kappa shape index (κ3) is 3.57. The fourth-order valence-electron chi connectivity index (χ4n) is 4.40. The molecule has 0 saturated carbocycles. The van der Waals surface area contributed by atoms with Crippen LogP contribution in [0.5, 0.6) is 0 Å². The highest BCUT2D eigenvalue weighted by atomic mass is 35.5. The molecule has 0 fully saturated rings. The lowest BCUT2D eigenvalue weighted by atomic mass is 9.99. The molecule has 0 aliphatic rings. The lowest BCUT2D eigenvalue weighted by Crippen LogP contribution is -1.93. The molecule has 0 aliphatic heterocycles. The first-order chi connectivity index (χ1) is 16.8. The number of imidazole rings is 1. The molecule has 34 heavy (non-hydrogen) atoms. The maximum Gasteiger partial charge on any atom is 0.157 e. The zero-order valence-corrected chi connectivity index (χ0v) is 19.0. The number of hydrogen-bond donors (Lipinski definition) is 1. The van der Waals surface area contributed by atoms with Gasteiger partial charge in [-0.3, -0.25) is 0 Å². The Morgan fingerprint density at radius 1 is 0.500 bits per heavy atom. The number of aromatic nitrogens is 3. The normalized spacial score (nSPS) is 11.1. The lowest BCUT2D eigenvalue weighted by molar-refractivity contribution is 1.24. The molecule has 0 spiro atoms. The molecule has 0 saturated heterocycles. The van der Waals surface area contributed by atoms with Gasteiger partial charge in [0.05, 0.1) is 11.4 Å². The SMILES string of the molecule is Clc1nc(-c2nc(-c3ccccc3)c(-c3ccccc3)[nH]2)c2ccccc2c1-c1ccccc1. The first-order valence-corrected chi connectivity index (χ1v) is 11.5. The Morgan fingerprint density at radius 2 is 1.03 bits per heavy atom. The van der Waals surface area contributed by atoms with Gasteiger partial charge < -0.3 is 4.98 Å². The Kier molecular flexibility index (Phi) is 5.17. The predicted octanol–water partition coefficient (Wildman–Crippen LogP) is 8.28. The van der Waals surface area contributed by atoms with Crippen molar-refractivity contribution in [3.05, 3.63) is 120 Å². The third-order valence-electron chi connectivity index (χ3n) is 5.97. The number of aromatic amines is 1. The van der Waals surface area contributed by atoms with Crippen LogP contribution in [0.25, 0.3) is 55.9 Å². The molecule has 162 valence electrons. The highest BCUT2D eigenvalue weighted by molar-refractivity contribution is 6.34. The minimum atomic E-state index is 0.457. The number of halogens is 1. The fourth-order valence-corrected chi connectivity index (χ4v) is 4.69. The van der Waals surface area contributed by atoms with E-state index in [2.05, 4.69) is 53.5 Å². The van der Waals surface area contributed by atoms with Gasteiger partial charge >= 0.3 is 0 Å². The van der Waals surface area contributed by atoms with Crippen LogP contribution in [0.1, 0.15) is 0 Å². The monoisotopic (exact) mass is 457 g/mol. The van der Waals surface area contributed by atoms with Crippen LogP contribution in [0.4, 0.5) is 0 Å². The van der Waals surface area contributed by atoms with E-state index >= 15 is 0 Å². The van der Waals surface area contributed by atoms with E-state index in [1.54, 1.807) is 0 Å². The van der Waals surface area contributed by atoms with Crippen LogP contribution >= 0.6 is 11.6 Å². The van der Waals surface area contributed by atoms with Crippen molar-refractivity contribution in [1.29, 1.82) is 0 Å². The zero-order chi connectivity index (χ0) is 22.9.